The number of ether oxygens (including phenoxy) is 1. The Balaban J connectivity index is 0.000000233. The Morgan fingerprint density at radius 3 is 2.38 bits per heavy atom. The number of pyridine rings is 1. The van der Waals surface area contributed by atoms with Crippen molar-refractivity contribution in [1.29, 1.82) is 0 Å². The fourth-order valence-corrected chi connectivity index (χ4v) is 4.15. The van der Waals surface area contributed by atoms with Gasteiger partial charge < -0.3 is 4.74 Å². The van der Waals surface area contributed by atoms with Gasteiger partial charge in [-0.2, -0.15) is 13.2 Å². The standard InChI is InChI=1S/C13H18O4S.C10H10F3N/c1-5-18(15,16)11-6-7-13(17-9(2)3)12(8-11)10(4)14;11-10(12,13)8-5-7-3-1-2-4-9(7)14-6-8/h6-9H,5H2,1-4H3;5-6H,1-4H2. The molecule has 1 aromatic carbocycles. The smallest absolute Gasteiger partial charge is 0.417 e. The predicted octanol–water partition coefficient (Wildman–Crippen LogP) is 5.45. The molecule has 0 amide bonds. The highest BCUT2D eigenvalue weighted by Gasteiger charge is 2.31. The molecule has 2 aromatic rings. The maximum absolute atomic E-state index is 12.3. The number of aromatic nitrogens is 1. The van der Waals surface area contributed by atoms with E-state index in [9.17, 15) is 26.4 Å². The van der Waals surface area contributed by atoms with Gasteiger partial charge >= 0.3 is 6.18 Å². The summed E-state index contributed by atoms with van der Waals surface area (Å²) in [7, 11) is -3.31. The molecule has 176 valence electrons. The van der Waals surface area contributed by atoms with E-state index >= 15 is 0 Å². The first-order valence-corrected chi connectivity index (χ1v) is 12.1. The number of nitrogens with zero attached hydrogens (tertiary/aromatic N) is 1. The highest BCUT2D eigenvalue weighted by Crippen LogP contribution is 2.31. The number of fused-ring (bicyclic) bond motifs is 1. The molecule has 32 heavy (non-hydrogen) atoms. The van der Waals surface area contributed by atoms with Gasteiger partial charge in [-0.25, -0.2) is 8.42 Å². The lowest BCUT2D eigenvalue weighted by Crippen LogP contribution is -2.11. The van der Waals surface area contributed by atoms with Gasteiger partial charge in [-0.1, -0.05) is 6.92 Å². The van der Waals surface area contributed by atoms with E-state index < -0.39 is 21.6 Å². The van der Waals surface area contributed by atoms with Gasteiger partial charge in [0.05, 0.1) is 27.9 Å². The van der Waals surface area contributed by atoms with E-state index in [1.165, 1.54) is 25.1 Å². The summed E-state index contributed by atoms with van der Waals surface area (Å²) < 4.78 is 66.0. The molecule has 0 bridgehead atoms. The molecule has 5 nitrogen and oxygen atoms in total. The summed E-state index contributed by atoms with van der Waals surface area (Å²) in [6.07, 6.45) is 0.141. The molecule has 0 N–H and O–H groups in total. The summed E-state index contributed by atoms with van der Waals surface area (Å²) in [6.45, 7) is 6.66. The molecule has 1 aliphatic carbocycles. The second-order valence-electron chi connectivity index (χ2n) is 7.82. The number of benzene rings is 1. The third-order valence-electron chi connectivity index (χ3n) is 4.93. The van der Waals surface area contributed by atoms with Crippen LogP contribution in [0, 0.1) is 0 Å². The minimum atomic E-state index is -4.26. The topological polar surface area (TPSA) is 73.3 Å². The molecule has 0 spiro atoms. The lowest BCUT2D eigenvalue weighted by Gasteiger charge is -2.16. The Hall–Kier alpha value is -2.42. The largest absolute Gasteiger partial charge is 0.490 e. The van der Waals surface area contributed by atoms with Crippen molar-refractivity contribution in [3.8, 4) is 5.75 Å². The third kappa shape index (κ3) is 6.79. The van der Waals surface area contributed by atoms with Crippen LogP contribution in [0.25, 0.3) is 0 Å². The number of carbonyl (C=O) groups is 1. The molecule has 0 radical (unpaired) electrons. The number of carbonyl (C=O) groups excluding carboxylic acids is 1. The Morgan fingerprint density at radius 2 is 1.81 bits per heavy atom. The minimum Gasteiger partial charge on any atom is -0.490 e. The van der Waals surface area contributed by atoms with Crippen molar-refractivity contribution in [2.75, 3.05) is 5.75 Å². The normalized spacial score (nSPS) is 13.8. The van der Waals surface area contributed by atoms with E-state index in [0.717, 1.165) is 43.1 Å². The van der Waals surface area contributed by atoms with Crippen molar-refractivity contribution in [2.24, 2.45) is 0 Å². The van der Waals surface area contributed by atoms with E-state index in [-0.39, 0.29) is 22.5 Å². The number of sulfone groups is 1. The van der Waals surface area contributed by atoms with Gasteiger partial charge in [0.25, 0.3) is 0 Å². The van der Waals surface area contributed by atoms with E-state index in [0.29, 0.717) is 11.3 Å². The molecule has 0 saturated heterocycles. The van der Waals surface area contributed by atoms with Crippen LogP contribution >= 0.6 is 0 Å². The molecule has 9 heteroatoms. The van der Waals surface area contributed by atoms with Crippen LogP contribution < -0.4 is 4.74 Å². The maximum atomic E-state index is 12.3. The van der Waals surface area contributed by atoms with Crippen molar-refractivity contribution in [2.45, 2.75) is 70.6 Å². The van der Waals surface area contributed by atoms with Crippen LogP contribution in [0.5, 0.6) is 5.75 Å². The van der Waals surface area contributed by atoms with Gasteiger partial charge in [0.1, 0.15) is 5.75 Å². The first-order chi connectivity index (χ1) is 14.8. The molecular formula is C23H28F3NO4S. The first-order valence-electron chi connectivity index (χ1n) is 10.4. The van der Waals surface area contributed by atoms with E-state index in [4.69, 9.17) is 4.74 Å². The highest BCUT2D eigenvalue weighted by atomic mass is 32.2. The van der Waals surface area contributed by atoms with Gasteiger partial charge in [-0.05, 0) is 76.3 Å². The number of rotatable bonds is 5. The van der Waals surface area contributed by atoms with Gasteiger partial charge in [0.2, 0.25) is 0 Å². The summed E-state index contributed by atoms with van der Waals surface area (Å²) in [6, 6.07) is 5.64. The van der Waals surface area contributed by atoms with Gasteiger partial charge in [-0.15, -0.1) is 0 Å². The molecule has 1 heterocycles. The average Bonchev–Trinajstić information content (AvgIpc) is 2.72. The van der Waals surface area contributed by atoms with Crippen LogP contribution in [0.4, 0.5) is 13.2 Å². The Bertz CT molecular complexity index is 1060. The van der Waals surface area contributed by atoms with Crippen LogP contribution in [-0.4, -0.2) is 31.0 Å². The molecule has 1 aliphatic rings. The van der Waals surface area contributed by atoms with Crippen LogP contribution in [0.1, 0.15) is 67.7 Å². The van der Waals surface area contributed by atoms with Crippen LogP contribution in [0.15, 0.2) is 35.4 Å². The third-order valence-corrected chi connectivity index (χ3v) is 6.66. The molecule has 0 unspecified atom stereocenters. The number of alkyl halides is 3. The van der Waals surface area contributed by atoms with Gasteiger partial charge in [0.15, 0.2) is 15.6 Å². The monoisotopic (exact) mass is 471 g/mol. The summed E-state index contributed by atoms with van der Waals surface area (Å²) in [5.74, 6) is 0.223. The van der Waals surface area contributed by atoms with Crippen molar-refractivity contribution in [1.82, 2.24) is 4.98 Å². The fourth-order valence-electron chi connectivity index (χ4n) is 3.24. The van der Waals surface area contributed by atoms with Crippen LogP contribution in [0.3, 0.4) is 0 Å². The second kappa shape index (κ2) is 10.5. The van der Waals surface area contributed by atoms with Crippen LogP contribution in [-0.2, 0) is 28.9 Å². The highest BCUT2D eigenvalue weighted by molar-refractivity contribution is 7.91. The zero-order valence-electron chi connectivity index (χ0n) is 18.6. The Kier molecular flexibility index (Phi) is 8.45. The van der Waals surface area contributed by atoms with Gasteiger partial charge in [0, 0.05) is 11.9 Å². The first kappa shape index (κ1) is 25.8. The molecule has 0 aliphatic heterocycles. The quantitative estimate of drug-likeness (QED) is 0.542. The van der Waals surface area contributed by atoms with Crippen LogP contribution in [0.2, 0.25) is 0 Å². The number of ketones is 1. The van der Waals surface area contributed by atoms with Crippen molar-refractivity contribution >= 4 is 15.6 Å². The van der Waals surface area contributed by atoms with E-state index in [1.54, 1.807) is 13.0 Å². The average molecular weight is 472 g/mol. The number of hydrogen-bond donors (Lipinski definition) is 0. The van der Waals surface area contributed by atoms with E-state index in [1.807, 2.05) is 13.8 Å². The maximum Gasteiger partial charge on any atom is 0.417 e. The number of hydrogen-bond acceptors (Lipinski definition) is 5. The van der Waals surface area contributed by atoms with Gasteiger partial charge in [-0.3, -0.25) is 9.78 Å². The number of Topliss-reactive ketones (excluding diaryl/α,β-unsaturated/α-hetero) is 1. The molecule has 0 atom stereocenters. The van der Waals surface area contributed by atoms with Crippen molar-refractivity contribution < 1.29 is 31.1 Å². The Morgan fingerprint density at radius 1 is 1.16 bits per heavy atom. The van der Waals surface area contributed by atoms with Crippen molar-refractivity contribution in [3.63, 3.8) is 0 Å². The molecular weight excluding hydrogens is 443 g/mol. The summed E-state index contributed by atoms with van der Waals surface area (Å²) >= 11 is 0. The zero-order chi connectivity index (χ0) is 24.1. The zero-order valence-corrected chi connectivity index (χ0v) is 19.4. The summed E-state index contributed by atoms with van der Waals surface area (Å²) in [5, 5.41) is 0. The lowest BCUT2D eigenvalue weighted by atomic mass is 9.95. The minimum absolute atomic E-state index is 0.00866. The SMILES string of the molecule is CCS(=O)(=O)c1ccc(OC(C)C)c(C(C)=O)c1.FC(F)(F)c1cnc2c(c1)CCCC2. The second-order valence-corrected chi connectivity index (χ2v) is 10.1. The number of aryl methyl sites for hydroxylation is 2. The summed E-state index contributed by atoms with van der Waals surface area (Å²) in [5.41, 5.74) is 1.28. The van der Waals surface area contributed by atoms with Crippen molar-refractivity contribution in [3.05, 3.63) is 52.8 Å². The Labute approximate surface area is 186 Å². The molecule has 0 saturated carbocycles. The lowest BCUT2D eigenvalue weighted by molar-refractivity contribution is -0.137. The predicted molar refractivity (Wildman–Crippen MR) is 116 cm³/mol. The molecule has 3 rings (SSSR count). The molecule has 1 aromatic heterocycles. The number of halogens is 3. The summed E-state index contributed by atoms with van der Waals surface area (Å²) in [4.78, 5) is 15.6. The fraction of sp³-hybridized carbons (Fsp3) is 0.478. The molecule has 0 fully saturated rings. The van der Waals surface area contributed by atoms with E-state index in [2.05, 4.69) is 4.98 Å².